The molecule has 0 aromatic carbocycles. The van der Waals surface area contributed by atoms with E-state index in [1.807, 2.05) is 0 Å². The fraction of sp³-hybridized carbons (Fsp3) is 0.958. The Morgan fingerprint density at radius 3 is 1.86 bits per heavy atom. The van der Waals surface area contributed by atoms with E-state index in [-0.39, 0.29) is 47.4 Å². The number of fused-ring (bicyclic) bond motifs is 5. The minimum absolute atomic E-state index is 0.00480. The summed E-state index contributed by atoms with van der Waals surface area (Å²) in [7, 11) is -4.10. The number of hydrogen-bond donors (Lipinski definition) is 3. The van der Waals surface area contributed by atoms with E-state index in [0.29, 0.717) is 48.9 Å². The topological polar surface area (TPSA) is 130 Å². The summed E-state index contributed by atoms with van der Waals surface area (Å²) in [5.41, 5.74) is 0.00876. The van der Waals surface area contributed by atoms with Gasteiger partial charge in [0.1, 0.15) is 6.10 Å². The molecule has 0 heterocycles. The van der Waals surface area contributed by atoms with E-state index in [1.54, 1.807) is 0 Å². The normalized spacial score (nSPS) is 31.6. The van der Waals surface area contributed by atoms with E-state index in [9.17, 15) is 23.1 Å². The van der Waals surface area contributed by atoms with Crippen LogP contribution in [0, 0.1) is 46.3 Å². The van der Waals surface area contributed by atoms with Crippen LogP contribution in [0.5, 0.6) is 0 Å². The van der Waals surface area contributed by atoms with E-state index < -0.39 is 15.9 Å². The molecule has 0 aromatic heterocycles. The fourth-order valence-corrected chi connectivity index (χ4v) is 13.2. The van der Waals surface area contributed by atoms with Crippen molar-refractivity contribution in [2.75, 3.05) is 12.3 Å². The van der Waals surface area contributed by atoms with Crippen molar-refractivity contribution in [3.63, 3.8) is 0 Å². The van der Waals surface area contributed by atoms with Crippen molar-refractivity contribution in [1.29, 1.82) is 0 Å². The maximum atomic E-state index is 12.9. The summed E-state index contributed by atoms with van der Waals surface area (Å²) in [5, 5.41) is 14.6. The molecule has 4 fully saturated rings. The SMILES string of the molecule is CCCCCCCCCCCCCCCCCCCCCC(=O)OC1CCC2(C)C(CCC3C2CC(O)C2(C)C(C(C)CCC(=O)NCCS(=O)(=O)O)CCC32)C1. The van der Waals surface area contributed by atoms with Crippen molar-refractivity contribution in [3.8, 4) is 0 Å². The summed E-state index contributed by atoms with van der Waals surface area (Å²) >= 11 is 0. The highest BCUT2D eigenvalue weighted by molar-refractivity contribution is 7.85. The second-order valence-corrected chi connectivity index (χ2v) is 21.7. The zero-order valence-corrected chi connectivity index (χ0v) is 37.9. The summed E-state index contributed by atoms with van der Waals surface area (Å²) in [5.74, 6) is 2.06. The molecule has 0 saturated heterocycles. The van der Waals surface area contributed by atoms with Crippen molar-refractivity contribution >= 4 is 22.0 Å². The minimum Gasteiger partial charge on any atom is -0.462 e. The summed E-state index contributed by atoms with van der Waals surface area (Å²) in [6.07, 6.45) is 35.3. The number of esters is 1. The van der Waals surface area contributed by atoms with Gasteiger partial charge in [0.15, 0.2) is 0 Å². The molecule has 10 atom stereocenters. The van der Waals surface area contributed by atoms with Crippen molar-refractivity contribution in [2.24, 2.45) is 46.3 Å². The van der Waals surface area contributed by atoms with Gasteiger partial charge < -0.3 is 15.2 Å². The monoisotopic (exact) mass is 822 g/mol. The van der Waals surface area contributed by atoms with Crippen molar-refractivity contribution in [3.05, 3.63) is 0 Å². The van der Waals surface area contributed by atoms with Gasteiger partial charge in [-0.25, -0.2) is 0 Å². The smallest absolute Gasteiger partial charge is 0.306 e. The number of aliphatic hydroxyl groups excluding tert-OH is 1. The summed E-state index contributed by atoms with van der Waals surface area (Å²) in [6.45, 7) is 9.22. The Morgan fingerprint density at radius 2 is 1.30 bits per heavy atom. The molecule has 4 saturated carbocycles. The van der Waals surface area contributed by atoms with Crippen LogP contribution in [0.4, 0.5) is 0 Å². The van der Waals surface area contributed by atoms with Gasteiger partial charge in [-0.3, -0.25) is 14.1 Å². The predicted octanol–water partition coefficient (Wildman–Crippen LogP) is 11.8. The average molecular weight is 822 g/mol. The van der Waals surface area contributed by atoms with Crippen molar-refractivity contribution < 1.29 is 32.4 Å². The minimum atomic E-state index is -4.10. The van der Waals surface area contributed by atoms with E-state index in [1.165, 1.54) is 122 Å². The lowest BCUT2D eigenvalue weighted by Gasteiger charge is -2.62. The van der Waals surface area contributed by atoms with Gasteiger partial charge in [0.2, 0.25) is 5.91 Å². The van der Waals surface area contributed by atoms with Gasteiger partial charge in [-0.05, 0) is 111 Å². The first-order valence-electron chi connectivity index (χ1n) is 24.4. The molecule has 57 heavy (non-hydrogen) atoms. The molecule has 10 unspecified atom stereocenters. The number of carbonyl (C=O) groups excluding carboxylic acids is 2. The number of rotatable bonds is 28. The molecule has 0 bridgehead atoms. The van der Waals surface area contributed by atoms with Crippen LogP contribution in [0.2, 0.25) is 0 Å². The second kappa shape index (κ2) is 24.3. The highest BCUT2D eigenvalue weighted by atomic mass is 32.2. The van der Waals surface area contributed by atoms with Crippen LogP contribution in [-0.2, 0) is 24.4 Å². The van der Waals surface area contributed by atoms with E-state index >= 15 is 0 Å². The van der Waals surface area contributed by atoms with Crippen LogP contribution in [0.1, 0.15) is 220 Å². The quantitative estimate of drug-likeness (QED) is 0.0407. The standard InChI is InChI=1S/C48H87NO7S/c1-5-6-7-8-9-10-11-12-13-14-15-16-17-18-19-20-21-22-23-24-46(52)56-39-31-32-47(3)38(35-39)26-27-40-42-29-28-41(48(42,4)44(50)36-43(40)47)37(2)25-30-45(51)49-33-34-57(53,54)55/h37-44,50H,5-36H2,1-4H3,(H,49,51)(H,53,54,55). The number of aliphatic hydroxyl groups is 1. The molecule has 8 nitrogen and oxygen atoms in total. The van der Waals surface area contributed by atoms with E-state index in [2.05, 4.69) is 33.0 Å². The molecular formula is C48H87NO7S. The molecule has 4 aliphatic rings. The number of carbonyl (C=O) groups is 2. The molecule has 3 N–H and O–H groups in total. The van der Waals surface area contributed by atoms with Gasteiger partial charge in [0, 0.05) is 19.4 Å². The maximum Gasteiger partial charge on any atom is 0.306 e. The van der Waals surface area contributed by atoms with Gasteiger partial charge in [0.05, 0.1) is 11.9 Å². The van der Waals surface area contributed by atoms with Gasteiger partial charge in [0.25, 0.3) is 10.1 Å². The van der Waals surface area contributed by atoms with Crippen molar-refractivity contribution in [2.45, 2.75) is 233 Å². The summed E-state index contributed by atoms with van der Waals surface area (Å²) < 4.78 is 37.0. The lowest BCUT2D eigenvalue weighted by Crippen LogP contribution is -2.59. The Kier molecular flexibility index (Phi) is 20.7. The summed E-state index contributed by atoms with van der Waals surface area (Å²) in [4.78, 5) is 25.3. The number of ether oxygens (including phenoxy) is 1. The second-order valence-electron chi connectivity index (χ2n) is 20.1. The van der Waals surface area contributed by atoms with Crippen LogP contribution in [0.25, 0.3) is 0 Å². The van der Waals surface area contributed by atoms with Crippen LogP contribution < -0.4 is 5.32 Å². The molecule has 0 radical (unpaired) electrons. The Morgan fingerprint density at radius 1 is 0.737 bits per heavy atom. The van der Waals surface area contributed by atoms with Crippen molar-refractivity contribution in [1.82, 2.24) is 5.32 Å². The third kappa shape index (κ3) is 14.7. The van der Waals surface area contributed by atoms with E-state index in [0.717, 1.165) is 51.4 Å². The number of amides is 1. The first-order chi connectivity index (χ1) is 27.3. The third-order valence-electron chi connectivity index (χ3n) is 16.3. The average Bonchev–Trinajstić information content (AvgIpc) is 3.53. The highest BCUT2D eigenvalue weighted by Gasteiger charge is 2.63. The number of hydrogen-bond acceptors (Lipinski definition) is 6. The first-order valence-corrected chi connectivity index (χ1v) is 26.0. The molecule has 4 aliphatic carbocycles. The number of unbranched alkanes of at least 4 members (excludes halogenated alkanes) is 18. The van der Waals surface area contributed by atoms with Crippen LogP contribution in [0.3, 0.4) is 0 Å². The van der Waals surface area contributed by atoms with Gasteiger partial charge >= 0.3 is 5.97 Å². The third-order valence-corrected chi connectivity index (χ3v) is 17.0. The van der Waals surface area contributed by atoms with Crippen LogP contribution >= 0.6 is 0 Å². The molecule has 9 heteroatoms. The lowest BCUT2D eigenvalue weighted by atomic mass is 9.43. The Bertz CT molecular complexity index is 1290. The largest absolute Gasteiger partial charge is 0.462 e. The number of nitrogens with one attached hydrogen (secondary N) is 1. The molecule has 4 rings (SSSR count). The Hall–Kier alpha value is -1.19. The zero-order chi connectivity index (χ0) is 41.3. The van der Waals surface area contributed by atoms with Crippen LogP contribution in [-0.4, -0.2) is 54.5 Å². The highest BCUT2D eigenvalue weighted by Crippen LogP contribution is 2.68. The zero-order valence-electron chi connectivity index (χ0n) is 37.1. The van der Waals surface area contributed by atoms with Gasteiger partial charge in [-0.15, -0.1) is 0 Å². The molecule has 332 valence electrons. The summed E-state index contributed by atoms with van der Waals surface area (Å²) in [6, 6.07) is 0. The van der Waals surface area contributed by atoms with Gasteiger partial charge in [-0.1, -0.05) is 143 Å². The Labute approximate surface area is 349 Å². The van der Waals surface area contributed by atoms with Crippen LogP contribution in [0.15, 0.2) is 0 Å². The molecule has 0 aromatic rings. The first kappa shape index (κ1) is 48.5. The van der Waals surface area contributed by atoms with E-state index in [4.69, 9.17) is 9.29 Å². The maximum absolute atomic E-state index is 12.9. The molecular weight excluding hydrogens is 735 g/mol. The molecule has 1 amide bonds. The molecule has 0 aliphatic heterocycles. The lowest BCUT2D eigenvalue weighted by molar-refractivity contribution is -0.181. The van der Waals surface area contributed by atoms with Gasteiger partial charge in [-0.2, -0.15) is 8.42 Å². The predicted molar refractivity (Wildman–Crippen MR) is 232 cm³/mol. The fourth-order valence-electron chi connectivity index (χ4n) is 12.8. The Balaban J connectivity index is 1.06. The molecule has 0 spiro atoms.